The maximum atomic E-state index is 12.7. The fourth-order valence-electron chi connectivity index (χ4n) is 2.28. The van der Waals surface area contributed by atoms with Crippen LogP contribution in [0.4, 0.5) is 19.0 Å². The molecule has 2 N–H and O–H groups in total. The molecule has 0 fully saturated rings. The highest BCUT2D eigenvalue weighted by atomic mass is 19.4. The van der Waals surface area contributed by atoms with Crippen LogP contribution in [0.5, 0.6) is 0 Å². The van der Waals surface area contributed by atoms with E-state index in [4.69, 9.17) is 5.73 Å². The molecule has 4 nitrogen and oxygen atoms in total. The molecule has 1 unspecified atom stereocenters. The summed E-state index contributed by atoms with van der Waals surface area (Å²) >= 11 is 0. The Morgan fingerprint density at radius 3 is 2.40 bits per heavy atom. The lowest BCUT2D eigenvalue weighted by atomic mass is 10.0. The molecule has 116 valence electrons. The summed E-state index contributed by atoms with van der Waals surface area (Å²) in [6.45, 7) is 4.77. The standard InChI is InChI=1S/C13H23F3N4/c1-5-10(17)7-11-9(3)18-19(4)12(11)20(6-2)8-13(14,15)16/h10H,5-8,17H2,1-4H3. The highest BCUT2D eigenvalue weighted by Gasteiger charge is 2.32. The number of anilines is 1. The minimum absolute atomic E-state index is 0.0683. The van der Waals surface area contributed by atoms with Crippen molar-refractivity contribution < 1.29 is 13.2 Å². The summed E-state index contributed by atoms with van der Waals surface area (Å²) in [5, 5.41) is 4.25. The van der Waals surface area contributed by atoms with Crippen LogP contribution in [0.15, 0.2) is 0 Å². The van der Waals surface area contributed by atoms with E-state index < -0.39 is 12.7 Å². The molecule has 0 saturated heterocycles. The number of hydrogen-bond acceptors (Lipinski definition) is 3. The molecule has 0 saturated carbocycles. The van der Waals surface area contributed by atoms with Gasteiger partial charge >= 0.3 is 6.18 Å². The summed E-state index contributed by atoms with van der Waals surface area (Å²) in [6.07, 6.45) is -2.92. The van der Waals surface area contributed by atoms with Crippen LogP contribution < -0.4 is 10.6 Å². The van der Waals surface area contributed by atoms with E-state index in [0.29, 0.717) is 12.2 Å². The monoisotopic (exact) mass is 292 g/mol. The number of hydrogen-bond donors (Lipinski definition) is 1. The van der Waals surface area contributed by atoms with Crippen molar-refractivity contribution in [2.45, 2.75) is 45.8 Å². The van der Waals surface area contributed by atoms with E-state index in [1.165, 1.54) is 9.58 Å². The molecule has 1 aromatic rings. The average molecular weight is 292 g/mol. The van der Waals surface area contributed by atoms with Gasteiger partial charge in [-0.25, -0.2) is 0 Å². The van der Waals surface area contributed by atoms with E-state index >= 15 is 0 Å². The molecule has 7 heteroatoms. The molecule has 0 aromatic carbocycles. The van der Waals surface area contributed by atoms with E-state index in [9.17, 15) is 13.2 Å². The van der Waals surface area contributed by atoms with Gasteiger partial charge < -0.3 is 10.6 Å². The van der Waals surface area contributed by atoms with Gasteiger partial charge in [0, 0.05) is 25.2 Å². The molecular formula is C13H23F3N4. The van der Waals surface area contributed by atoms with Crippen LogP contribution in [0.1, 0.15) is 31.5 Å². The zero-order valence-corrected chi connectivity index (χ0v) is 12.5. The number of nitrogens with zero attached hydrogens (tertiary/aromatic N) is 3. The van der Waals surface area contributed by atoms with Gasteiger partial charge in [-0.15, -0.1) is 0 Å². The molecule has 0 amide bonds. The van der Waals surface area contributed by atoms with Gasteiger partial charge in [-0.2, -0.15) is 18.3 Å². The summed E-state index contributed by atoms with van der Waals surface area (Å²) in [4.78, 5) is 1.30. The van der Waals surface area contributed by atoms with Gasteiger partial charge in [0.05, 0.1) is 5.69 Å². The second-order valence-electron chi connectivity index (χ2n) is 5.01. The lowest BCUT2D eigenvalue weighted by Crippen LogP contribution is -2.36. The average Bonchev–Trinajstić information content (AvgIpc) is 2.60. The predicted octanol–water partition coefficient (Wildman–Crippen LogP) is 2.40. The fraction of sp³-hybridized carbons (Fsp3) is 0.769. The first-order valence-electron chi connectivity index (χ1n) is 6.79. The van der Waals surface area contributed by atoms with E-state index in [-0.39, 0.29) is 12.6 Å². The lowest BCUT2D eigenvalue weighted by molar-refractivity contribution is -0.119. The van der Waals surface area contributed by atoms with Gasteiger partial charge in [0.25, 0.3) is 0 Å². The van der Waals surface area contributed by atoms with Crippen molar-refractivity contribution in [2.75, 3.05) is 18.0 Å². The van der Waals surface area contributed by atoms with Crippen LogP contribution >= 0.6 is 0 Å². The number of halogens is 3. The van der Waals surface area contributed by atoms with Crippen molar-refractivity contribution in [3.8, 4) is 0 Å². The second kappa shape index (κ2) is 6.47. The molecule has 1 aromatic heterocycles. The number of aromatic nitrogens is 2. The summed E-state index contributed by atoms with van der Waals surface area (Å²) in [7, 11) is 1.67. The summed E-state index contributed by atoms with van der Waals surface area (Å²) in [6, 6.07) is -0.0683. The maximum Gasteiger partial charge on any atom is 0.405 e. The summed E-state index contributed by atoms with van der Waals surface area (Å²) < 4.78 is 39.6. The van der Waals surface area contributed by atoms with E-state index in [2.05, 4.69) is 5.10 Å². The first-order valence-corrected chi connectivity index (χ1v) is 6.79. The van der Waals surface area contributed by atoms with Gasteiger partial charge in [-0.1, -0.05) is 6.92 Å². The Kier molecular flexibility index (Phi) is 5.44. The smallest absolute Gasteiger partial charge is 0.348 e. The van der Waals surface area contributed by atoms with Crippen molar-refractivity contribution in [1.82, 2.24) is 9.78 Å². The maximum absolute atomic E-state index is 12.7. The summed E-state index contributed by atoms with van der Waals surface area (Å²) in [5.41, 5.74) is 7.50. The van der Waals surface area contributed by atoms with Crippen molar-refractivity contribution in [1.29, 1.82) is 0 Å². The zero-order valence-electron chi connectivity index (χ0n) is 12.5. The topological polar surface area (TPSA) is 47.1 Å². The molecular weight excluding hydrogens is 269 g/mol. The van der Waals surface area contributed by atoms with Gasteiger partial charge in [-0.05, 0) is 26.7 Å². The van der Waals surface area contributed by atoms with Crippen LogP contribution in [-0.2, 0) is 13.5 Å². The number of aryl methyl sites for hydroxylation is 2. The van der Waals surface area contributed by atoms with Gasteiger partial charge in [0.1, 0.15) is 12.4 Å². The summed E-state index contributed by atoms with van der Waals surface area (Å²) in [5.74, 6) is 0.520. The molecule has 0 aliphatic rings. The molecule has 1 rings (SSSR count). The highest BCUT2D eigenvalue weighted by Crippen LogP contribution is 2.28. The third-order valence-corrected chi connectivity index (χ3v) is 3.36. The van der Waals surface area contributed by atoms with E-state index in [1.54, 1.807) is 14.0 Å². The molecule has 0 spiro atoms. The van der Waals surface area contributed by atoms with Crippen molar-refractivity contribution in [3.63, 3.8) is 0 Å². The van der Waals surface area contributed by atoms with Crippen molar-refractivity contribution >= 4 is 5.82 Å². The van der Waals surface area contributed by atoms with Crippen LogP contribution in [-0.4, -0.2) is 35.1 Å². The van der Waals surface area contributed by atoms with Crippen molar-refractivity contribution in [2.24, 2.45) is 12.8 Å². The lowest BCUT2D eigenvalue weighted by Gasteiger charge is -2.26. The molecule has 0 aliphatic carbocycles. The Morgan fingerprint density at radius 1 is 1.35 bits per heavy atom. The minimum Gasteiger partial charge on any atom is -0.348 e. The first kappa shape index (κ1) is 16.8. The van der Waals surface area contributed by atoms with Gasteiger partial charge in [0.15, 0.2) is 0 Å². The zero-order chi connectivity index (χ0) is 15.5. The highest BCUT2D eigenvalue weighted by molar-refractivity contribution is 5.50. The third-order valence-electron chi connectivity index (χ3n) is 3.36. The van der Waals surface area contributed by atoms with Gasteiger partial charge in [-0.3, -0.25) is 4.68 Å². The molecule has 1 heterocycles. The Bertz CT molecular complexity index is 440. The Labute approximate surface area is 117 Å². The Balaban J connectivity index is 3.14. The predicted molar refractivity (Wildman–Crippen MR) is 73.9 cm³/mol. The first-order chi connectivity index (χ1) is 9.19. The van der Waals surface area contributed by atoms with Crippen LogP contribution in [0, 0.1) is 6.92 Å². The molecule has 0 radical (unpaired) electrons. The van der Waals surface area contributed by atoms with Crippen molar-refractivity contribution in [3.05, 3.63) is 11.3 Å². The molecule has 1 atom stereocenters. The molecule has 20 heavy (non-hydrogen) atoms. The SMILES string of the molecule is CCC(N)Cc1c(C)nn(C)c1N(CC)CC(F)(F)F. The fourth-order valence-corrected chi connectivity index (χ4v) is 2.28. The number of nitrogens with two attached hydrogens (primary N) is 1. The Morgan fingerprint density at radius 2 is 1.95 bits per heavy atom. The number of rotatable bonds is 6. The van der Waals surface area contributed by atoms with Crippen LogP contribution in [0.2, 0.25) is 0 Å². The van der Waals surface area contributed by atoms with Gasteiger partial charge in [0.2, 0.25) is 0 Å². The Hall–Kier alpha value is -1.24. The van der Waals surface area contributed by atoms with Crippen LogP contribution in [0.25, 0.3) is 0 Å². The quantitative estimate of drug-likeness (QED) is 0.876. The van der Waals surface area contributed by atoms with E-state index in [0.717, 1.165) is 17.7 Å². The number of alkyl halides is 3. The molecule has 0 bridgehead atoms. The second-order valence-corrected chi connectivity index (χ2v) is 5.01. The third kappa shape index (κ3) is 4.13. The minimum atomic E-state index is -4.24. The molecule has 0 aliphatic heterocycles. The largest absolute Gasteiger partial charge is 0.405 e. The van der Waals surface area contributed by atoms with E-state index in [1.807, 2.05) is 13.8 Å². The normalized spacial score (nSPS) is 13.6. The van der Waals surface area contributed by atoms with Crippen LogP contribution in [0.3, 0.4) is 0 Å².